The van der Waals surface area contributed by atoms with Crippen molar-refractivity contribution >= 4 is 5.97 Å². The molecule has 1 N–H and O–H groups in total. The largest absolute Gasteiger partial charge is 0.481 e. The number of hydrogen-bond donors (Lipinski definition) is 1. The number of carboxylic acids is 1. The van der Waals surface area contributed by atoms with E-state index >= 15 is 0 Å². The molecule has 1 rings (SSSR count). The number of carbonyl (C=O) groups is 1. The van der Waals surface area contributed by atoms with E-state index in [-0.39, 0.29) is 5.92 Å². The molecule has 0 aromatic heterocycles. The van der Waals surface area contributed by atoms with Crippen molar-refractivity contribution in [2.24, 2.45) is 5.92 Å². The number of aliphatic carboxylic acids is 1. The van der Waals surface area contributed by atoms with Crippen molar-refractivity contribution in [3.8, 4) is 0 Å². The molecule has 1 aromatic carbocycles. The molecule has 0 aliphatic heterocycles. The first-order valence-electron chi connectivity index (χ1n) is 5.62. The zero-order valence-electron chi connectivity index (χ0n) is 9.60. The molecule has 0 saturated carbocycles. The van der Waals surface area contributed by atoms with Crippen LogP contribution in [-0.2, 0) is 11.2 Å². The predicted octanol–water partition coefficient (Wildman–Crippen LogP) is 3.29. The lowest BCUT2D eigenvalue weighted by atomic mass is 10.1. The van der Waals surface area contributed by atoms with Gasteiger partial charge in [-0.05, 0) is 24.8 Å². The molecule has 0 spiro atoms. The third-order valence-electron chi connectivity index (χ3n) is 2.52. The quantitative estimate of drug-likeness (QED) is 0.744. The molecule has 2 heteroatoms. The molecule has 0 radical (unpaired) electrons. The summed E-state index contributed by atoms with van der Waals surface area (Å²) in [6.07, 6.45) is 6.62. The Labute approximate surface area is 96.6 Å². The highest BCUT2D eigenvalue weighted by atomic mass is 16.4. The zero-order valence-corrected chi connectivity index (χ0v) is 9.60. The van der Waals surface area contributed by atoms with Crippen LogP contribution < -0.4 is 0 Å². The molecule has 0 bridgehead atoms. The lowest BCUT2D eigenvalue weighted by Gasteiger charge is -2.00. The first-order chi connectivity index (χ1) is 7.70. The maximum Gasteiger partial charge on any atom is 0.306 e. The number of rotatable bonds is 6. The van der Waals surface area contributed by atoms with E-state index < -0.39 is 5.97 Å². The van der Waals surface area contributed by atoms with Crippen molar-refractivity contribution < 1.29 is 9.90 Å². The predicted molar refractivity (Wildman–Crippen MR) is 65.3 cm³/mol. The maximum atomic E-state index is 10.6. The number of carboxylic acid groups (broad SMARTS) is 1. The van der Waals surface area contributed by atoms with Crippen molar-refractivity contribution in [1.82, 2.24) is 0 Å². The van der Waals surface area contributed by atoms with Gasteiger partial charge in [0.2, 0.25) is 0 Å². The van der Waals surface area contributed by atoms with Gasteiger partial charge in [0.25, 0.3) is 0 Å². The van der Waals surface area contributed by atoms with Crippen molar-refractivity contribution in [3.63, 3.8) is 0 Å². The molecule has 1 atom stereocenters. The van der Waals surface area contributed by atoms with Gasteiger partial charge in [0.1, 0.15) is 0 Å². The van der Waals surface area contributed by atoms with Crippen LogP contribution >= 0.6 is 0 Å². The molecule has 86 valence electrons. The third kappa shape index (κ3) is 4.78. The van der Waals surface area contributed by atoms with Crippen LogP contribution in [0.5, 0.6) is 0 Å². The monoisotopic (exact) mass is 218 g/mol. The topological polar surface area (TPSA) is 37.3 Å². The molecule has 0 fully saturated rings. The lowest BCUT2D eigenvalue weighted by molar-refractivity contribution is -0.140. The average molecular weight is 218 g/mol. The Hall–Kier alpha value is -1.57. The summed E-state index contributed by atoms with van der Waals surface area (Å²) >= 11 is 0. The minimum atomic E-state index is -0.729. The van der Waals surface area contributed by atoms with Gasteiger partial charge in [-0.2, -0.15) is 0 Å². The molecule has 0 saturated heterocycles. The standard InChI is InChI=1S/C14H18O2/c1-12(14(15)16)8-4-2-5-9-13-10-6-3-7-11-13/h2-4,6-7,10-12H,5,8-9H2,1H3,(H,15,16). The van der Waals surface area contributed by atoms with Gasteiger partial charge in [-0.25, -0.2) is 0 Å². The summed E-state index contributed by atoms with van der Waals surface area (Å²) in [4.78, 5) is 10.6. The Morgan fingerprint density at radius 2 is 2.00 bits per heavy atom. The van der Waals surface area contributed by atoms with Gasteiger partial charge in [-0.15, -0.1) is 0 Å². The normalized spacial score (nSPS) is 12.8. The van der Waals surface area contributed by atoms with Crippen LogP contribution in [0, 0.1) is 5.92 Å². The second kappa shape index (κ2) is 6.83. The minimum absolute atomic E-state index is 0.284. The summed E-state index contributed by atoms with van der Waals surface area (Å²) in [5, 5.41) is 8.68. The van der Waals surface area contributed by atoms with E-state index in [0.717, 1.165) is 12.8 Å². The van der Waals surface area contributed by atoms with E-state index in [9.17, 15) is 4.79 Å². The Morgan fingerprint density at radius 3 is 2.62 bits per heavy atom. The summed E-state index contributed by atoms with van der Waals surface area (Å²) in [5.41, 5.74) is 1.32. The van der Waals surface area contributed by atoms with Gasteiger partial charge in [-0.1, -0.05) is 49.4 Å². The summed E-state index contributed by atoms with van der Waals surface area (Å²) in [7, 11) is 0. The van der Waals surface area contributed by atoms with E-state index in [2.05, 4.69) is 18.2 Å². The molecule has 2 nitrogen and oxygen atoms in total. The summed E-state index contributed by atoms with van der Waals surface area (Å²) in [5.74, 6) is -1.01. The Morgan fingerprint density at radius 1 is 1.31 bits per heavy atom. The fourth-order valence-corrected chi connectivity index (χ4v) is 1.41. The second-order valence-corrected chi connectivity index (χ2v) is 3.97. The first kappa shape index (κ1) is 12.5. The zero-order chi connectivity index (χ0) is 11.8. The smallest absolute Gasteiger partial charge is 0.306 e. The molecule has 0 aliphatic rings. The molecule has 0 aliphatic carbocycles. The van der Waals surface area contributed by atoms with Gasteiger partial charge < -0.3 is 5.11 Å². The van der Waals surface area contributed by atoms with Crippen molar-refractivity contribution in [3.05, 3.63) is 48.0 Å². The molecular formula is C14H18O2. The fraction of sp³-hybridized carbons (Fsp3) is 0.357. The van der Waals surface area contributed by atoms with E-state index in [1.54, 1.807) is 6.92 Å². The maximum absolute atomic E-state index is 10.6. The SMILES string of the molecule is CC(CC=CCCc1ccccc1)C(=O)O. The van der Waals surface area contributed by atoms with E-state index in [4.69, 9.17) is 5.11 Å². The lowest BCUT2D eigenvalue weighted by Crippen LogP contribution is -2.07. The highest BCUT2D eigenvalue weighted by Crippen LogP contribution is 2.06. The second-order valence-electron chi connectivity index (χ2n) is 3.97. The number of allylic oxidation sites excluding steroid dienone is 2. The molecule has 0 amide bonds. The summed E-state index contributed by atoms with van der Waals surface area (Å²) in [6, 6.07) is 10.3. The molecule has 1 aromatic rings. The molecular weight excluding hydrogens is 200 g/mol. The Kier molecular flexibility index (Phi) is 5.34. The minimum Gasteiger partial charge on any atom is -0.481 e. The number of hydrogen-bond acceptors (Lipinski definition) is 1. The number of benzene rings is 1. The van der Waals surface area contributed by atoms with Crippen molar-refractivity contribution in [1.29, 1.82) is 0 Å². The molecule has 16 heavy (non-hydrogen) atoms. The first-order valence-corrected chi connectivity index (χ1v) is 5.62. The Balaban J connectivity index is 2.21. The van der Waals surface area contributed by atoms with Crippen LogP contribution in [0.4, 0.5) is 0 Å². The highest BCUT2D eigenvalue weighted by molar-refractivity contribution is 5.69. The van der Waals surface area contributed by atoms with Gasteiger partial charge in [0, 0.05) is 0 Å². The van der Waals surface area contributed by atoms with E-state index in [1.807, 2.05) is 24.3 Å². The summed E-state index contributed by atoms with van der Waals surface area (Å²) in [6.45, 7) is 1.73. The van der Waals surface area contributed by atoms with Crippen LogP contribution in [0.1, 0.15) is 25.3 Å². The third-order valence-corrected chi connectivity index (χ3v) is 2.52. The average Bonchev–Trinajstić information content (AvgIpc) is 2.29. The van der Waals surface area contributed by atoms with Gasteiger partial charge >= 0.3 is 5.97 Å². The highest BCUT2D eigenvalue weighted by Gasteiger charge is 2.07. The van der Waals surface area contributed by atoms with Crippen LogP contribution in [0.2, 0.25) is 0 Å². The molecule has 0 heterocycles. The molecule has 1 unspecified atom stereocenters. The van der Waals surface area contributed by atoms with Gasteiger partial charge in [0.05, 0.1) is 5.92 Å². The van der Waals surface area contributed by atoms with Crippen molar-refractivity contribution in [2.45, 2.75) is 26.2 Å². The number of aryl methyl sites for hydroxylation is 1. The van der Waals surface area contributed by atoms with Crippen LogP contribution in [-0.4, -0.2) is 11.1 Å². The van der Waals surface area contributed by atoms with Gasteiger partial charge in [-0.3, -0.25) is 4.79 Å². The van der Waals surface area contributed by atoms with Crippen molar-refractivity contribution in [2.75, 3.05) is 0 Å². The van der Waals surface area contributed by atoms with Crippen LogP contribution in [0.15, 0.2) is 42.5 Å². The summed E-state index contributed by atoms with van der Waals surface area (Å²) < 4.78 is 0. The van der Waals surface area contributed by atoms with E-state index in [1.165, 1.54) is 5.56 Å². The van der Waals surface area contributed by atoms with E-state index in [0.29, 0.717) is 6.42 Å². The van der Waals surface area contributed by atoms with Crippen LogP contribution in [0.25, 0.3) is 0 Å². The fourth-order valence-electron chi connectivity index (χ4n) is 1.41. The van der Waals surface area contributed by atoms with Gasteiger partial charge in [0.15, 0.2) is 0 Å². The van der Waals surface area contributed by atoms with Crippen LogP contribution in [0.3, 0.4) is 0 Å². The Bertz CT molecular complexity index is 341.